The van der Waals surface area contributed by atoms with Gasteiger partial charge in [0, 0.05) is 38.6 Å². The van der Waals surface area contributed by atoms with Crippen LogP contribution in [0.5, 0.6) is 0 Å². The lowest BCUT2D eigenvalue weighted by atomic mass is 10.0. The molecule has 1 saturated carbocycles. The summed E-state index contributed by atoms with van der Waals surface area (Å²) < 4.78 is 0. The first kappa shape index (κ1) is 12.8. The summed E-state index contributed by atoms with van der Waals surface area (Å²) in [5.41, 5.74) is 0. The molecule has 2 N–H and O–H groups in total. The Labute approximate surface area is 104 Å². The Kier molecular flexibility index (Phi) is 4.80. The number of piperidine rings is 1. The SMILES string of the molecule is CC(=O)NCCN(CC1CCCCN1)C1CC1. The molecule has 0 radical (unpaired) electrons. The fourth-order valence-electron chi connectivity index (χ4n) is 2.60. The van der Waals surface area contributed by atoms with Gasteiger partial charge in [-0.25, -0.2) is 0 Å². The van der Waals surface area contributed by atoms with Crippen LogP contribution in [0.2, 0.25) is 0 Å². The topological polar surface area (TPSA) is 44.4 Å². The maximum absolute atomic E-state index is 10.9. The molecule has 98 valence electrons. The van der Waals surface area contributed by atoms with Gasteiger partial charge >= 0.3 is 0 Å². The van der Waals surface area contributed by atoms with E-state index in [2.05, 4.69) is 15.5 Å². The molecule has 1 aliphatic carbocycles. The first-order valence-corrected chi connectivity index (χ1v) is 6.97. The quantitative estimate of drug-likeness (QED) is 0.718. The summed E-state index contributed by atoms with van der Waals surface area (Å²) in [4.78, 5) is 13.4. The van der Waals surface area contributed by atoms with Crippen LogP contribution in [0.3, 0.4) is 0 Å². The highest BCUT2D eigenvalue weighted by Gasteiger charge is 2.30. The molecule has 4 nitrogen and oxygen atoms in total. The van der Waals surface area contributed by atoms with E-state index in [-0.39, 0.29) is 5.91 Å². The average molecular weight is 239 g/mol. The second-order valence-corrected chi connectivity index (χ2v) is 5.36. The summed E-state index contributed by atoms with van der Waals surface area (Å²) in [5, 5.41) is 6.50. The number of hydrogen-bond acceptors (Lipinski definition) is 3. The fourth-order valence-corrected chi connectivity index (χ4v) is 2.60. The van der Waals surface area contributed by atoms with Crippen LogP contribution in [-0.4, -0.2) is 49.1 Å². The van der Waals surface area contributed by atoms with Gasteiger partial charge in [0.05, 0.1) is 0 Å². The molecule has 1 saturated heterocycles. The lowest BCUT2D eigenvalue weighted by molar-refractivity contribution is -0.119. The van der Waals surface area contributed by atoms with Crippen molar-refractivity contribution < 1.29 is 4.79 Å². The van der Waals surface area contributed by atoms with Crippen molar-refractivity contribution in [2.24, 2.45) is 0 Å². The van der Waals surface area contributed by atoms with Crippen molar-refractivity contribution in [1.29, 1.82) is 0 Å². The number of carbonyl (C=O) groups is 1. The summed E-state index contributed by atoms with van der Waals surface area (Å²) in [6, 6.07) is 1.45. The van der Waals surface area contributed by atoms with Crippen molar-refractivity contribution in [2.75, 3.05) is 26.2 Å². The second-order valence-electron chi connectivity index (χ2n) is 5.36. The van der Waals surface area contributed by atoms with E-state index in [1.54, 1.807) is 6.92 Å². The third-order valence-corrected chi connectivity index (χ3v) is 3.70. The number of amides is 1. The monoisotopic (exact) mass is 239 g/mol. The predicted molar refractivity (Wildman–Crippen MR) is 68.9 cm³/mol. The van der Waals surface area contributed by atoms with Crippen LogP contribution in [0.25, 0.3) is 0 Å². The molecule has 2 rings (SSSR count). The summed E-state index contributed by atoms with van der Waals surface area (Å²) in [5.74, 6) is 0.0801. The summed E-state index contributed by atoms with van der Waals surface area (Å²) >= 11 is 0. The molecule has 1 unspecified atom stereocenters. The minimum absolute atomic E-state index is 0.0801. The van der Waals surface area contributed by atoms with Crippen LogP contribution < -0.4 is 10.6 Å². The Bertz CT molecular complexity index is 247. The van der Waals surface area contributed by atoms with Crippen molar-refractivity contribution in [3.8, 4) is 0 Å². The predicted octanol–water partition coefficient (Wildman–Crippen LogP) is 0.729. The van der Waals surface area contributed by atoms with Crippen molar-refractivity contribution >= 4 is 5.91 Å². The van der Waals surface area contributed by atoms with E-state index in [1.807, 2.05) is 0 Å². The molecule has 1 atom stereocenters. The molecule has 4 heteroatoms. The first-order valence-electron chi connectivity index (χ1n) is 6.97. The molecule has 2 fully saturated rings. The van der Waals surface area contributed by atoms with Gasteiger partial charge in [0.2, 0.25) is 5.91 Å². The smallest absolute Gasteiger partial charge is 0.216 e. The van der Waals surface area contributed by atoms with Crippen LogP contribution in [-0.2, 0) is 4.79 Å². The molecule has 0 aromatic heterocycles. The zero-order valence-electron chi connectivity index (χ0n) is 10.9. The van der Waals surface area contributed by atoms with Crippen LogP contribution in [0.4, 0.5) is 0 Å². The largest absolute Gasteiger partial charge is 0.355 e. The Morgan fingerprint density at radius 3 is 2.76 bits per heavy atom. The Hall–Kier alpha value is -0.610. The minimum Gasteiger partial charge on any atom is -0.355 e. The molecule has 17 heavy (non-hydrogen) atoms. The van der Waals surface area contributed by atoms with Crippen molar-refractivity contribution in [2.45, 2.75) is 51.1 Å². The third-order valence-electron chi connectivity index (χ3n) is 3.70. The molecular weight excluding hydrogens is 214 g/mol. The van der Waals surface area contributed by atoms with Crippen molar-refractivity contribution in [1.82, 2.24) is 15.5 Å². The Morgan fingerprint density at radius 2 is 2.18 bits per heavy atom. The summed E-state index contributed by atoms with van der Waals surface area (Å²) in [6.07, 6.45) is 6.68. The van der Waals surface area contributed by atoms with Gasteiger partial charge in [0.15, 0.2) is 0 Å². The van der Waals surface area contributed by atoms with Crippen LogP contribution in [0.15, 0.2) is 0 Å². The normalized spacial score (nSPS) is 24.9. The van der Waals surface area contributed by atoms with Gasteiger partial charge in [0.1, 0.15) is 0 Å². The first-order chi connectivity index (χ1) is 8.25. The van der Waals surface area contributed by atoms with Gasteiger partial charge in [-0.15, -0.1) is 0 Å². The van der Waals surface area contributed by atoms with Gasteiger partial charge < -0.3 is 10.6 Å². The highest BCUT2D eigenvalue weighted by Crippen LogP contribution is 2.27. The van der Waals surface area contributed by atoms with Crippen molar-refractivity contribution in [3.05, 3.63) is 0 Å². The number of hydrogen-bond donors (Lipinski definition) is 2. The van der Waals surface area contributed by atoms with E-state index >= 15 is 0 Å². The van der Waals surface area contributed by atoms with E-state index in [0.717, 1.165) is 25.7 Å². The molecule has 1 heterocycles. The standard InChI is InChI=1S/C13H25N3O/c1-11(17)14-8-9-16(13-5-6-13)10-12-4-2-3-7-15-12/h12-13,15H,2-10H2,1H3,(H,14,17). The molecule has 1 aliphatic heterocycles. The lowest BCUT2D eigenvalue weighted by Gasteiger charge is -2.30. The molecule has 0 aromatic carbocycles. The molecule has 1 amide bonds. The summed E-state index contributed by atoms with van der Waals surface area (Å²) in [7, 11) is 0. The number of rotatable bonds is 6. The number of nitrogens with one attached hydrogen (secondary N) is 2. The zero-order chi connectivity index (χ0) is 12.1. The van der Waals surface area contributed by atoms with Crippen LogP contribution in [0, 0.1) is 0 Å². The Morgan fingerprint density at radius 1 is 1.35 bits per heavy atom. The zero-order valence-corrected chi connectivity index (χ0v) is 10.9. The minimum atomic E-state index is 0.0801. The molecule has 0 aromatic rings. The summed E-state index contributed by atoms with van der Waals surface area (Å²) in [6.45, 7) is 5.71. The lowest BCUT2D eigenvalue weighted by Crippen LogP contribution is -2.46. The van der Waals surface area contributed by atoms with Gasteiger partial charge in [-0.05, 0) is 32.2 Å². The Balaban J connectivity index is 1.70. The van der Waals surface area contributed by atoms with Gasteiger partial charge in [-0.2, -0.15) is 0 Å². The maximum Gasteiger partial charge on any atom is 0.216 e. The van der Waals surface area contributed by atoms with Gasteiger partial charge in [-0.1, -0.05) is 6.42 Å². The van der Waals surface area contributed by atoms with Gasteiger partial charge in [0.25, 0.3) is 0 Å². The van der Waals surface area contributed by atoms with E-state index in [9.17, 15) is 4.79 Å². The highest BCUT2D eigenvalue weighted by molar-refractivity contribution is 5.72. The maximum atomic E-state index is 10.9. The van der Waals surface area contributed by atoms with Crippen LogP contribution in [0.1, 0.15) is 39.0 Å². The molecule has 2 aliphatic rings. The second kappa shape index (κ2) is 6.36. The van der Waals surface area contributed by atoms with E-state index < -0.39 is 0 Å². The van der Waals surface area contributed by atoms with Gasteiger partial charge in [-0.3, -0.25) is 9.69 Å². The average Bonchev–Trinajstić information content (AvgIpc) is 3.12. The van der Waals surface area contributed by atoms with E-state index in [1.165, 1.54) is 38.6 Å². The highest BCUT2D eigenvalue weighted by atomic mass is 16.1. The number of nitrogens with zero attached hydrogens (tertiary/aromatic N) is 1. The number of carbonyl (C=O) groups excluding carboxylic acids is 1. The van der Waals surface area contributed by atoms with Crippen molar-refractivity contribution in [3.63, 3.8) is 0 Å². The van der Waals surface area contributed by atoms with E-state index in [0.29, 0.717) is 6.04 Å². The van der Waals surface area contributed by atoms with E-state index in [4.69, 9.17) is 0 Å². The molecule has 0 bridgehead atoms. The third kappa shape index (κ3) is 4.64. The molecule has 0 spiro atoms. The molecular formula is C13H25N3O. The van der Waals surface area contributed by atoms with Crippen LogP contribution >= 0.6 is 0 Å². The fraction of sp³-hybridized carbons (Fsp3) is 0.923.